The first kappa shape index (κ1) is 20.6. The standard InChI is InChI=1S/C34H20N2S/c1-2-5-28-21(4-1)8-9-22-12-14-30(36-34(22)28)25-13-15-31-29(19-25)33-27(6-3-7-32(33)37-31)24-10-11-26-20-35-17-16-23(26)18-24/h1-20H. The van der Waals surface area contributed by atoms with E-state index < -0.39 is 0 Å². The zero-order valence-electron chi connectivity index (χ0n) is 19.8. The van der Waals surface area contributed by atoms with Gasteiger partial charge in [-0.15, -0.1) is 11.3 Å². The third kappa shape index (κ3) is 3.25. The van der Waals surface area contributed by atoms with Gasteiger partial charge in [0.2, 0.25) is 0 Å². The third-order valence-electron chi connectivity index (χ3n) is 7.33. The minimum atomic E-state index is 1.00. The van der Waals surface area contributed by atoms with Gasteiger partial charge in [0.1, 0.15) is 0 Å². The predicted molar refractivity (Wildman–Crippen MR) is 158 cm³/mol. The van der Waals surface area contributed by atoms with E-state index in [4.69, 9.17) is 4.98 Å². The largest absolute Gasteiger partial charge is 0.264 e. The molecular formula is C34H20N2S. The van der Waals surface area contributed by atoms with Crippen LogP contribution in [0, 0.1) is 0 Å². The summed E-state index contributed by atoms with van der Waals surface area (Å²) in [5.41, 5.74) is 5.68. The molecule has 0 aliphatic rings. The van der Waals surface area contributed by atoms with Crippen LogP contribution in [0.4, 0.5) is 0 Å². The average Bonchev–Trinajstić information content (AvgIpc) is 3.35. The van der Waals surface area contributed by atoms with Crippen LogP contribution in [0.15, 0.2) is 122 Å². The van der Waals surface area contributed by atoms with E-state index in [-0.39, 0.29) is 0 Å². The smallest absolute Gasteiger partial charge is 0.0787 e. The molecule has 0 saturated heterocycles. The van der Waals surface area contributed by atoms with Crippen molar-refractivity contribution in [2.45, 2.75) is 0 Å². The maximum atomic E-state index is 5.16. The van der Waals surface area contributed by atoms with Crippen molar-refractivity contribution in [2.75, 3.05) is 0 Å². The molecule has 0 bridgehead atoms. The van der Waals surface area contributed by atoms with Gasteiger partial charge < -0.3 is 0 Å². The highest BCUT2D eigenvalue weighted by Gasteiger charge is 2.13. The summed E-state index contributed by atoms with van der Waals surface area (Å²) in [6.07, 6.45) is 3.78. The van der Waals surface area contributed by atoms with Gasteiger partial charge in [-0.2, -0.15) is 0 Å². The molecule has 0 spiro atoms. The summed E-state index contributed by atoms with van der Waals surface area (Å²) in [5, 5.41) is 8.53. The Balaban J connectivity index is 1.35. The number of aromatic nitrogens is 2. The van der Waals surface area contributed by atoms with E-state index in [9.17, 15) is 0 Å². The van der Waals surface area contributed by atoms with Crippen molar-refractivity contribution < 1.29 is 0 Å². The molecule has 0 radical (unpaired) electrons. The van der Waals surface area contributed by atoms with Crippen molar-refractivity contribution >= 4 is 64.0 Å². The van der Waals surface area contributed by atoms with Gasteiger partial charge in [0.25, 0.3) is 0 Å². The number of nitrogens with zero attached hydrogens (tertiary/aromatic N) is 2. The van der Waals surface area contributed by atoms with Crippen molar-refractivity contribution in [2.24, 2.45) is 0 Å². The van der Waals surface area contributed by atoms with Crippen LogP contribution in [-0.4, -0.2) is 9.97 Å². The molecule has 0 unspecified atom stereocenters. The average molecular weight is 489 g/mol. The number of hydrogen-bond donors (Lipinski definition) is 0. The highest BCUT2D eigenvalue weighted by molar-refractivity contribution is 7.26. The predicted octanol–water partition coefficient (Wildman–Crippen LogP) is 9.64. The maximum Gasteiger partial charge on any atom is 0.0787 e. The van der Waals surface area contributed by atoms with Crippen molar-refractivity contribution in [3.05, 3.63) is 122 Å². The first-order valence-electron chi connectivity index (χ1n) is 12.4. The van der Waals surface area contributed by atoms with Crippen LogP contribution in [0.1, 0.15) is 0 Å². The van der Waals surface area contributed by atoms with E-state index in [0.717, 1.165) is 22.2 Å². The molecule has 0 atom stereocenters. The molecule has 8 rings (SSSR count). The Morgan fingerprint density at radius 1 is 0.541 bits per heavy atom. The Bertz CT molecular complexity index is 2160. The lowest BCUT2D eigenvalue weighted by Gasteiger charge is -2.08. The molecule has 37 heavy (non-hydrogen) atoms. The Labute approximate surface area is 217 Å². The SMILES string of the molecule is c1ccc2c(c1)ccc1ccc(-c3ccc4sc5cccc(-c6ccc7cnccc7c6)c5c4c3)nc12. The molecular weight excluding hydrogens is 468 g/mol. The summed E-state index contributed by atoms with van der Waals surface area (Å²) in [7, 11) is 0. The maximum absolute atomic E-state index is 5.16. The first-order valence-corrected chi connectivity index (χ1v) is 13.2. The summed E-state index contributed by atoms with van der Waals surface area (Å²) in [5.74, 6) is 0. The molecule has 3 heteroatoms. The number of benzene rings is 5. The van der Waals surface area contributed by atoms with Crippen molar-refractivity contribution in [1.82, 2.24) is 9.97 Å². The van der Waals surface area contributed by atoms with Gasteiger partial charge in [-0.3, -0.25) is 4.98 Å². The lowest BCUT2D eigenvalue weighted by Crippen LogP contribution is -1.87. The van der Waals surface area contributed by atoms with Gasteiger partial charge in [0.05, 0.1) is 11.2 Å². The van der Waals surface area contributed by atoms with E-state index in [1.165, 1.54) is 52.8 Å². The molecule has 8 aromatic rings. The molecule has 2 nitrogen and oxygen atoms in total. The van der Waals surface area contributed by atoms with Crippen molar-refractivity contribution in [3.63, 3.8) is 0 Å². The zero-order chi connectivity index (χ0) is 24.3. The highest BCUT2D eigenvalue weighted by Crippen LogP contribution is 2.42. The molecule has 0 N–H and O–H groups in total. The van der Waals surface area contributed by atoms with E-state index in [1.54, 1.807) is 0 Å². The van der Waals surface area contributed by atoms with Gasteiger partial charge in [-0.25, -0.2) is 4.98 Å². The molecule has 0 aliphatic carbocycles. The van der Waals surface area contributed by atoms with Crippen LogP contribution in [0.3, 0.4) is 0 Å². The minimum Gasteiger partial charge on any atom is -0.264 e. The van der Waals surface area contributed by atoms with Crippen LogP contribution in [-0.2, 0) is 0 Å². The number of pyridine rings is 2. The highest BCUT2D eigenvalue weighted by atomic mass is 32.1. The van der Waals surface area contributed by atoms with Gasteiger partial charge in [-0.05, 0) is 58.3 Å². The van der Waals surface area contributed by atoms with Crippen LogP contribution in [0.2, 0.25) is 0 Å². The lowest BCUT2D eigenvalue weighted by molar-refractivity contribution is 1.36. The number of thiophene rings is 1. The molecule has 5 aromatic carbocycles. The number of fused-ring (bicyclic) bond motifs is 7. The quantitative estimate of drug-likeness (QED) is 0.226. The van der Waals surface area contributed by atoms with E-state index in [1.807, 2.05) is 23.7 Å². The fourth-order valence-electron chi connectivity index (χ4n) is 5.50. The van der Waals surface area contributed by atoms with Gasteiger partial charge >= 0.3 is 0 Å². The zero-order valence-corrected chi connectivity index (χ0v) is 20.7. The monoisotopic (exact) mass is 488 g/mol. The fourth-order valence-corrected chi connectivity index (χ4v) is 6.61. The molecule has 0 fully saturated rings. The van der Waals surface area contributed by atoms with Crippen LogP contribution in [0.25, 0.3) is 75.0 Å². The second-order valence-corrected chi connectivity index (χ2v) is 10.6. The van der Waals surface area contributed by atoms with Crippen LogP contribution < -0.4 is 0 Å². The summed E-state index contributed by atoms with van der Waals surface area (Å²) in [6.45, 7) is 0. The first-order chi connectivity index (χ1) is 18.3. The molecule has 0 saturated carbocycles. The molecule has 3 aromatic heterocycles. The topological polar surface area (TPSA) is 25.8 Å². The normalized spacial score (nSPS) is 11.8. The molecule has 0 amide bonds. The Hall–Kier alpha value is -4.60. The third-order valence-corrected chi connectivity index (χ3v) is 8.46. The molecule has 0 aliphatic heterocycles. The van der Waals surface area contributed by atoms with E-state index in [0.29, 0.717) is 0 Å². The number of rotatable bonds is 2. The fraction of sp³-hybridized carbons (Fsp3) is 0. The second-order valence-electron chi connectivity index (χ2n) is 9.48. The molecule has 172 valence electrons. The van der Waals surface area contributed by atoms with E-state index >= 15 is 0 Å². The summed E-state index contributed by atoms with van der Waals surface area (Å²) < 4.78 is 2.60. The summed E-state index contributed by atoms with van der Waals surface area (Å²) in [6, 6.07) is 39.3. The summed E-state index contributed by atoms with van der Waals surface area (Å²) in [4.78, 5) is 9.42. The lowest BCUT2D eigenvalue weighted by atomic mass is 9.96. The van der Waals surface area contributed by atoms with Gasteiger partial charge in [-0.1, -0.05) is 72.8 Å². The number of hydrogen-bond acceptors (Lipinski definition) is 3. The Kier molecular flexibility index (Phi) is 4.42. The summed E-state index contributed by atoms with van der Waals surface area (Å²) >= 11 is 1.85. The Morgan fingerprint density at radius 3 is 2.41 bits per heavy atom. The molecule has 3 heterocycles. The second kappa shape index (κ2) is 7.95. The van der Waals surface area contributed by atoms with Gasteiger partial charge in [0.15, 0.2) is 0 Å². The van der Waals surface area contributed by atoms with E-state index in [2.05, 4.69) is 114 Å². The van der Waals surface area contributed by atoms with Crippen LogP contribution >= 0.6 is 11.3 Å². The van der Waals surface area contributed by atoms with Crippen LogP contribution in [0.5, 0.6) is 0 Å². The van der Waals surface area contributed by atoms with Crippen molar-refractivity contribution in [1.29, 1.82) is 0 Å². The van der Waals surface area contributed by atoms with Gasteiger partial charge in [0, 0.05) is 54.3 Å². The van der Waals surface area contributed by atoms with Crippen molar-refractivity contribution in [3.8, 4) is 22.4 Å². The Morgan fingerprint density at radius 2 is 1.41 bits per heavy atom. The minimum absolute atomic E-state index is 1.00.